The molecule has 2 aliphatic heterocycles. The van der Waals surface area contributed by atoms with E-state index in [4.69, 9.17) is 9.72 Å². The van der Waals surface area contributed by atoms with Crippen molar-refractivity contribution in [2.24, 2.45) is 17.8 Å². The number of carbonyl (C=O) groups is 3. The number of piperidine rings is 1. The van der Waals surface area contributed by atoms with Crippen molar-refractivity contribution in [1.29, 1.82) is 0 Å². The molecule has 0 spiro atoms. The van der Waals surface area contributed by atoms with Crippen LogP contribution in [0.5, 0.6) is 0 Å². The van der Waals surface area contributed by atoms with Crippen molar-refractivity contribution >= 4 is 39.0 Å². The molecule has 248 valence electrons. The number of nitrogens with one attached hydrogen (secondary N) is 1. The molecule has 1 aliphatic carbocycles. The Labute approximate surface area is 274 Å². The Kier molecular flexibility index (Phi) is 12.6. The summed E-state index contributed by atoms with van der Waals surface area (Å²) in [5.41, 5.74) is 2.24. The molecule has 45 heavy (non-hydrogen) atoms. The SMILES string of the molecule is CCC(=O)C[C@@H](Cc1nc2ccc(C(C)C)cc2s1)C(=O)N[C@H](CCC(=O)C1CCN(C2CCOCC2)CC1)C1CCCCC1. The standard InChI is InChI=1S/C37H55N3O4S/c1-4-31(41)22-29(24-36-38-33-11-10-28(25(2)3)23-35(33)45-36)37(43)39-32(26-8-6-5-7-9-26)12-13-34(42)27-14-18-40(19-15-27)30-16-20-44-21-17-30/h10-11,23,25-27,29-30,32H,4-9,12-22,24H2,1-3H3,(H,39,43)/t29-,32+/m0/s1. The molecule has 3 heterocycles. The third-order valence-corrected chi connectivity index (χ3v) is 11.8. The number of hydrogen-bond acceptors (Lipinski definition) is 7. The number of carbonyl (C=O) groups excluding carboxylic acids is 3. The number of Topliss-reactive ketones (excluding diaryl/α,β-unsaturated/α-hetero) is 2. The summed E-state index contributed by atoms with van der Waals surface area (Å²) >= 11 is 1.64. The fourth-order valence-corrected chi connectivity index (χ4v) is 8.82. The lowest BCUT2D eigenvalue weighted by Crippen LogP contribution is -2.46. The highest BCUT2D eigenvalue weighted by molar-refractivity contribution is 7.18. The van der Waals surface area contributed by atoms with Gasteiger partial charge < -0.3 is 15.0 Å². The van der Waals surface area contributed by atoms with Gasteiger partial charge in [0.2, 0.25) is 5.91 Å². The summed E-state index contributed by atoms with van der Waals surface area (Å²) < 4.78 is 6.68. The topological polar surface area (TPSA) is 88.6 Å². The number of thiazole rings is 1. The van der Waals surface area contributed by atoms with Gasteiger partial charge in [-0.15, -0.1) is 11.3 Å². The van der Waals surface area contributed by atoms with Crippen LogP contribution in [-0.2, 0) is 25.5 Å². The van der Waals surface area contributed by atoms with Crippen LogP contribution < -0.4 is 5.32 Å². The van der Waals surface area contributed by atoms with Crippen molar-refractivity contribution < 1.29 is 19.1 Å². The molecule has 0 unspecified atom stereocenters. The minimum absolute atomic E-state index is 0.0210. The molecule has 1 N–H and O–H groups in total. The average Bonchev–Trinajstić information content (AvgIpc) is 3.48. The maximum atomic E-state index is 14.0. The maximum Gasteiger partial charge on any atom is 0.224 e. The molecular weight excluding hydrogens is 582 g/mol. The van der Waals surface area contributed by atoms with Gasteiger partial charge in [0, 0.05) is 56.9 Å². The molecule has 1 aromatic heterocycles. The third kappa shape index (κ3) is 9.45. The second-order valence-electron chi connectivity index (χ2n) is 14.2. The minimum Gasteiger partial charge on any atom is -0.381 e. The Morgan fingerprint density at radius 3 is 2.44 bits per heavy atom. The lowest BCUT2D eigenvalue weighted by molar-refractivity contribution is -0.130. The van der Waals surface area contributed by atoms with E-state index in [0.29, 0.717) is 49.3 Å². The Hall–Kier alpha value is -2.16. The van der Waals surface area contributed by atoms with Gasteiger partial charge in [0.1, 0.15) is 11.6 Å². The number of ether oxygens (including phenoxy) is 1. The van der Waals surface area contributed by atoms with Crippen LogP contribution in [0.25, 0.3) is 10.2 Å². The van der Waals surface area contributed by atoms with E-state index in [-0.39, 0.29) is 30.1 Å². The van der Waals surface area contributed by atoms with Gasteiger partial charge in [-0.25, -0.2) is 4.98 Å². The molecule has 0 bridgehead atoms. The number of rotatable bonds is 14. The molecule has 8 heteroatoms. The molecule has 1 saturated carbocycles. The second kappa shape index (κ2) is 16.6. The van der Waals surface area contributed by atoms with Crippen molar-refractivity contribution in [3.63, 3.8) is 0 Å². The van der Waals surface area contributed by atoms with Crippen LogP contribution in [0.15, 0.2) is 18.2 Å². The molecule has 2 aromatic rings. The first kappa shape index (κ1) is 34.2. The summed E-state index contributed by atoms with van der Waals surface area (Å²) in [4.78, 5) is 47.5. The Morgan fingerprint density at radius 1 is 1.02 bits per heavy atom. The van der Waals surface area contributed by atoms with Gasteiger partial charge in [-0.1, -0.05) is 46.1 Å². The van der Waals surface area contributed by atoms with Crippen molar-refractivity contribution in [2.75, 3.05) is 26.3 Å². The highest BCUT2D eigenvalue weighted by atomic mass is 32.1. The van der Waals surface area contributed by atoms with Crippen molar-refractivity contribution in [3.05, 3.63) is 28.8 Å². The highest BCUT2D eigenvalue weighted by Gasteiger charge is 2.33. The predicted octanol–water partition coefficient (Wildman–Crippen LogP) is 7.25. The summed E-state index contributed by atoms with van der Waals surface area (Å²) in [5, 5.41) is 4.32. The van der Waals surface area contributed by atoms with E-state index in [1.54, 1.807) is 11.3 Å². The van der Waals surface area contributed by atoms with Crippen LogP contribution in [0.4, 0.5) is 0 Å². The number of likely N-dealkylation sites (tertiary alicyclic amines) is 1. The summed E-state index contributed by atoms with van der Waals surface area (Å²) in [6.07, 6.45) is 12.2. The van der Waals surface area contributed by atoms with E-state index in [2.05, 4.69) is 42.3 Å². The molecule has 2 saturated heterocycles. The number of amides is 1. The summed E-state index contributed by atoms with van der Waals surface area (Å²) in [6.45, 7) is 9.95. The zero-order valence-corrected chi connectivity index (χ0v) is 28.7. The molecule has 3 fully saturated rings. The van der Waals surface area contributed by atoms with Gasteiger partial charge >= 0.3 is 0 Å². The Balaban J connectivity index is 1.22. The normalized spacial score (nSPS) is 20.8. The van der Waals surface area contributed by atoms with E-state index in [1.165, 1.54) is 24.8 Å². The van der Waals surface area contributed by atoms with Crippen molar-refractivity contribution in [3.8, 4) is 0 Å². The van der Waals surface area contributed by atoms with Crippen LogP contribution in [0, 0.1) is 17.8 Å². The fraction of sp³-hybridized carbons (Fsp3) is 0.730. The molecule has 3 aliphatic rings. The predicted molar refractivity (Wildman–Crippen MR) is 182 cm³/mol. The summed E-state index contributed by atoms with van der Waals surface area (Å²) in [6, 6.07) is 6.99. The van der Waals surface area contributed by atoms with Gasteiger partial charge in [0.05, 0.1) is 21.1 Å². The number of nitrogens with zero attached hydrogens (tertiary/aromatic N) is 2. The monoisotopic (exact) mass is 637 g/mol. The summed E-state index contributed by atoms with van der Waals surface area (Å²) in [5.74, 6) is 0.943. The van der Waals surface area contributed by atoms with Crippen LogP contribution >= 0.6 is 11.3 Å². The van der Waals surface area contributed by atoms with Gasteiger partial charge in [-0.3, -0.25) is 14.4 Å². The zero-order chi connectivity index (χ0) is 31.8. The van der Waals surface area contributed by atoms with Crippen molar-refractivity contribution in [1.82, 2.24) is 15.2 Å². The van der Waals surface area contributed by atoms with Gasteiger partial charge in [-0.2, -0.15) is 0 Å². The Morgan fingerprint density at radius 2 is 1.76 bits per heavy atom. The van der Waals surface area contributed by atoms with Crippen LogP contribution in [0.2, 0.25) is 0 Å². The van der Waals surface area contributed by atoms with Crippen LogP contribution in [0.3, 0.4) is 0 Å². The van der Waals surface area contributed by atoms with Crippen LogP contribution in [-0.4, -0.2) is 65.7 Å². The minimum atomic E-state index is -0.445. The van der Waals surface area contributed by atoms with E-state index < -0.39 is 5.92 Å². The number of benzene rings is 1. The molecular formula is C37H55N3O4S. The van der Waals surface area contributed by atoms with E-state index >= 15 is 0 Å². The molecule has 1 aromatic carbocycles. The smallest absolute Gasteiger partial charge is 0.224 e. The van der Waals surface area contributed by atoms with Crippen molar-refractivity contribution in [2.45, 2.75) is 129 Å². The lowest BCUT2D eigenvalue weighted by atomic mass is 9.80. The van der Waals surface area contributed by atoms with Gasteiger partial charge in [0.25, 0.3) is 0 Å². The first-order valence-corrected chi connectivity index (χ1v) is 18.7. The largest absolute Gasteiger partial charge is 0.381 e. The summed E-state index contributed by atoms with van der Waals surface area (Å²) in [7, 11) is 0. The van der Waals surface area contributed by atoms with E-state index in [0.717, 1.165) is 80.1 Å². The third-order valence-electron chi connectivity index (χ3n) is 10.7. The number of fused-ring (bicyclic) bond motifs is 1. The number of aromatic nitrogens is 1. The number of hydrogen-bond donors (Lipinski definition) is 1. The molecule has 1 amide bonds. The van der Waals surface area contributed by atoms with Gasteiger partial charge in [-0.05, 0) is 87.6 Å². The van der Waals surface area contributed by atoms with Crippen LogP contribution in [0.1, 0.15) is 121 Å². The van der Waals surface area contributed by atoms with Gasteiger partial charge in [0.15, 0.2) is 0 Å². The molecule has 0 radical (unpaired) electrons. The number of ketones is 2. The first-order valence-electron chi connectivity index (χ1n) is 17.9. The molecule has 7 nitrogen and oxygen atoms in total. The van der Waals surface area contributed by atoms with E-state index in [1.807, 2.05) is 6.92 Å². The molecule has 2 atom stereocenters. The highest BCUT2D eigenvalue weighted by Crippen LogP contribution is 2.32. The second-order valence-corrected chi connectivity index (χ2v) is 15.3. The lowest BCUT2D eigenvalue weighted by Gasteiger charge is -2.39. The Bertz CT molecular complexity index is 1270. The fourth-order valence-electron chi connectivity index (χ4n) is 7.72. The average molecular weight is 638 g/mol. The zero-order valence-electron chi connectivity index (χ0n) is 27.9. The quantitative estimate of drug-likeness (QED) is 0.235. The molecule has 5 rings (SSSR count). The maximum absolute atomic E-state index is 14.0. The first-order chi connectivity index (χ1) is 21.8. The van der Waals surface area contributed by atoms with E-state index in [9.17, 15) is 14.4 Å².